The average molecular weight is 1040 g/mol. The van der Waals surface area contributed by atoms with Crippen LogP contribution in [0.1, 0.15) is 53.1 Å². The second-order valence-electron chi connectivity index (χ2n) is 17.5. The van der Waals surface area contributed by atoms with Gasteiger partial charge >= 0.3 is 0 Å². The Bertz CT molecular complexity index is 2790. The van der Waals surface area contributed by atoms with E-state index in [-0.39, 0.29) is 66.1 Å². The van der Waals surface area contributed by atoms with Gasteiger partial charge in [-0.3, -0.25) is 24.6 Å². The van der Waals surface area contributed by atoms with Gasteiger partial charge in [-0.1, -0.05) is 12.1 Å². The number of halogens is 2. The molecule has 4 aromatic heterocycles. The van der Waals surface area contributed by atoms with Gasteiger partial charge in [-0.15, -0.1) is 11.3 Å². The molecule has 0 atom stereocenters. The van der Waals surface area contributed by atoms with E-state index in [0.29, 0.717) is 126 Å². The summed E-state index contributed by atoms with van der Waals surface area (Å²) in [6.45, 7) is 16.7. The number of anilines is 5. The van der Waals surface area contributed by atoms with Crippen molar-refractivity contribution in [2.24, 2.45) is 0 Å². The fraction of sp³-hybridized carbons (Fsp3) is 0.451. The maximum atomic E-state index is 15.1. The third-order valence-corrected chi connectivity index (χ3v) is 12.8. The van der Waals surface area contributed by atoms with Gasteiger partial charge in [-0.2, -0.15) is 0 Å². The fourth-order valence-corrected chi connectivity index (χ4v) is 8.78. The zero-order valence-electron chi connectivity index (χ0n) is 42.4. The summed E-state index contributed by atoms with van der Waals surface area (Å²) in [6, 6.07) is 13.5. The molecule has 7 rings (SSSR count). The van der Waals surface area contributed by atoms with Crippen molar-refractivity contribution in [1.82, 2.24) is 39.7 Å². The number of carbonyl (C=O) groups is 3. The Labute approximate surface area is 432 Å². The lowest BCUT2D eigenvalue weighted by Crippen LogP contribution is -2.49. The lowest BCUT2D eigenvalue weighted by molar-refractivity contribution is -0.122. The average Bonchev–Trinajstić information content (AvgIpc) is 3.90. The van der Waals surface area contributed by atoms with Crippen LogP contribution in [-0.2, 0) is 33.3 Å². The van der Waals surface area contributed by atoms with Gasteiger partial charge in [0.15, 0.2) is 16.8 Å². The molecule has 0 radical (unpaired) electrons. The number of benzene rings is 2. The number of fused-ring (bicyclic) bond motifs is 1. The molecule has 0 saturated carbocycles. The van der Waals surface area contributed by atoms with Gasteiger partial charge in [0.1, 0.15) is 22.9 Å². The fourth-order valence-electron chi connectivity index (χ4n) is 7.97. The normalized spacial score (nSPS) is 12.9. The molecule has 4 N–H and O–H groups in total. The maximum absolute atomic E-state index is 15.1. The monoisotopic (exact) mass is 1040 g/mol. The molecule has 1 saturated heterocycles. The second kappa shape index (κ2) is 27.6. The first kappa shape index (κ1) is 55.2. The molecule has 0 spiro atoms. The minimum atomic E-state index is -0.684. The standard InChI is InChI=1S/C51H64F2N12O8S/c1-33(2)65-36(5)58-48-40(52)28-37(29-43(48)65)47-41(53)31-56-50(61-47)60-44-11-10-38(30-55-44)64-16-14-63(15-17-64)32-46(67)54-13-19-70-21-23-72-25-27-73-26-24-71-22-20-69-18-12-45(66)59-42-9-7-6-8-39(42)49(68)62-51-57-34(3)35(4)74-51/h6-11,28-31,33H,12-27,32H2,1-5H3,(H,54,67)(H,59,66)(H,57,62,68)(H,55,56,60,61). The second-order valence-corrected chi connectivity index (χ2v) is 18.7. The molecule has 5 heterocycles. The van der Waals surface area contributed by atoms with Crippen molar-refractivity contribution in [2.75, 3.05) is 126 Å². The Balaban J connectivity index is 0.663. The zero-order valence-corrected chi connectivity index (χ0v) is 43.2. The zero-order chi connectivity index (χ0) is 52.4. The van der Waals surface area contributed by atoms with Gasteiger partial charge in [0.05, 0.1) is 120 Å². The van der Waals surface area contributed by atoms with Crippen LogP contribution >= 0.6 is 11.3 Å². The van der Waals surface area contributed by atoms with Crippen molar-refractivity contribution in [2.45, 2.75) is 47.1 Å². The molecule has 0 bridgehead atoms. The third-order valence-electron chi connectivity index (χ3n) is 11.8. The van der Waals surface area contributed by atoms with Crippen LogP contribution in [-0.4, -0.2) is 157 Å². The number of nitrogens with one attached hydrogen (secondary N) is 4. The first-order valence-electron chi connectivity index (χ1n) is 24.5. The van der Waals surface area contributed by atoms with E-state index in [0.717, 1.165) is 22.5 Å². The highest BCUT2D eigenvalue weighted by molar-refractivity contribution is 7.15. The summed E-state index contributed by atoms with van der Waals surface area (Å²) in [7, 11) is 0. The van der Waals surface area contributed by atoms with Crippen LogP contribution in [0, 0.1) is 32.4 Å². The molecular formula is C51H64F2N12O8S. The number of aromatic nitrogens is 6. The highest BCUT2D eigenvalue weighted by Crippen LogP contribution is 2.31. The molecular weight excluding hydrogens is 979 g/mol. The van der Waals surface area contributed by atoms with Crippen molar-refractivity contribution in [3.63, 3.8) is 0 Å². The number of nitrogens with zero attached hydrogens (tertiary/aromatic N) is 8. The minimum Gasteiger partial charge on any atom is -0.379 e. The largest absolute Gasteiger partial charge is 0.379 e. The van der Waals surface area contributed by atoms with Crippen LogP contribution in [0.15, 0.2) is 60.9 Å². The van der Waals surface area contributed by atoms with Gasteiger partial charge in [0.2, 0.25) is 17.8 Å². The summed E-state index contributed by atoms with van der Waals surface area (Å²) in [4.78, 5) is 65.0. The molecule has 2 aromatic carbocycles. The molecule has 3 amide bonds. The van der Waals surface area contributed by atoms with Crippen molar-refractivity contribution >= 4 is 68.4 Å². The number of imidazole rings is 1. The maximum Gasteiger partial charge on any atom is 0.259 e. The van der Waals surface area contributed by atoms with Crippen molar-refractivity contribution in [3.05, 3.63) is 94.5 Å². The number of hydrogen-bond donors (Lipinski definition) is 4. The number of hydrogen-bond acceptors (Lipinski definition) is 17. The smallest absolute Gasteiger partial charge is 0.259 e. The predicted molar refractivity (Wildman–Crippen MR) is 278 cm³/mol. The summed E-state index contributed by atoms with van der Waals surface area (Å²) in [5, 5.41) is 12.0. The van der Waals surface area contributed by atoms with Gasteiger partial charge in [-0.25, -0.2) is 33.7 Å². The quantitative estimate of drug-likeness (QED) is 0.0387. The number of rotatable bonds is 28. The van der Waals surface area contributed by atoms with Gasteiger partial charge in [0.25, 0.3) is 5.91 Å². The molecule has 396 valence electrons. The summed E-state index contributed by atoms with van der Waals surface area (Å²) in [5.41, 5.74) is 3.54. The van der Waals surface area contributed by atoms with Gasteiger partial charge < -0.3 is 49.1 Å². The number of pyridine rings is 1. The van der Waals surface area contributed by atoms with Crippen LogP contribution in [0.25, 0.3) is 22.3 Å². The van der Waals surface area contributed by atoms with E-state index in [4.69, 9.17) is 23.7 Å². The predicted octanol–water partition coefficient (Wildman–Crippen LogP) is 6.48. The lowest BCUT2D eigenvalue weighted by atomic mass is 10.1. The summed E-state index contributed by atoms with van der Waals surface area (Å²) >= 11 is 1.40. The van der Waals surface area contributed by atoms with Crippen LogP contribution in [0.4, 0.5) is 37.1 Å². The molecule has 0 aliphatic carbocycles. The Morgan fingerprint density at radius 3 is 2.05 bits per heavy atom. The first-order valence-corrected chi connectivity index (χ1v) is 25.4. The van der Waals surface area contributed by atoms with E-state index in [1.54, 1.807) is 42.6 Å². The Morgan fingerprint density at radius 2 is 1.41 bits per heavy atom. The minimum absolute atomic E-state index is 0.0258. The van der Waals surface area contributed by atoms with Crippen molar-refractivity contribution in [3.8, 4) is 11.3 Å². The molecule has 20 nitrogen and oxygen atoms in total. The van der Waals surface area contributed by atoms with E-state index >= 15 is 8.78 Å². The number of ether oxygens (including phenoxy) is 5. The first-order chi connectivity index (χ1) is 35.8. The lowest BCUT2D eigenvalue weighted by Gasteiger charge is -2.35. The van der Waals surface area contributed by atoms with E-state index < -0.39 is 11.6 Å². The van der Waals surface area contributed by atoms with Crippen molar-refractivity contribution < 1.29 is 46.8 Å². The summed E-state index contributed by atoms with van der Waals surface area (Å²) < 4.78 is 59.8. The van der Waals surface area contributed by atoms with Crippen LogP contribution in [0.5, 0.6) is 0 Å². The van der Waals surface area contributed by atoms with Crippen molar-refractivity contribution in [1.29, 1.82) is 0 Å². The Hall–Kier alpha value is -6.60. The molecule has 1 fully saturated rings. The molecule has 23 heteroatoms. The topological polar surface area (TPSA) is 221 Å². The molecule has 74 heavy (non-hydrogen) atoms. The van der Waals surface area contributed by atoms with Gasteiger partial charge in [0, 0.05) is 49.2 Å². The van der Waals surface area contributed by atoms with Crippen LogP contribution in [0.2, 0.25) is 0 Å². The van der Waals surface area contributed by atoms with Crippen LogP contribution < -0.4 is 26.2 Å². The number of aryl methyl sites for hydroxylation is 3. The number of piperazine rings is 1. The number of thiazole rings is 1. The van der Waals surface area contributed by atoms with Crippen LogP contribution in [0.3, 0.4) is 0 Å². The number of para-hydroxylation sites is 1. The summed E-state index contributed by atoms with van der Waals surface area (Å²) in [6.07, 6.45) is 2.90. The van der Waals surface area contributed by atoms with E-state index in [1.165, 1.54) is 17.4 Å². The number of carbonyl (C=O) groups excluding carboxylic acids is 3. The molecule has 6 aromatic rings. The van der Waals surface area contributed by atoms with Gasteiger partial charge in [-0.05, 0) is 71.0 Å². The SMILES string of the molecule is Cc1nc(NC(=O)c2ccccc2NC(=O)CCOCCOCCOCCOCCOCCNC(=O)CN2CCN(c3ccc(Nc4ncc(F)c(-c5cc(F)c6nc(C)n(C(C)C)c6c5)n4)nc3)CC2)sc1C. The molecule has 1 aliphatic rings. The number of amides is 3. The highest BCUT2D eigenvalue weighted by atomic mass is 32.1. The third kappa shape index (κ3) is 16.0. The Kier molecular flexibility index (Phi) is 20.6. The van der Waals surface area contributed by atoms with E-state index in [9.17, 15) is 14.4 Å². The molecule has 0 unspecified atom stereocenters. The van der Waals surface area contributed by atoms with E-state index in [2.05, 4.69) is 56.0 Å². The van der Waals surface area contributed by atoms with E-state index in [1.807, 2.05) is 45.3 Å². The Morgan fingerprint density at radius 1 is 0.730 bits per heavy atom. The highest BCUT2D eigenvalue weighted by Gasteiger charge is 2.22. The molecule has 1 aliphatic heterocycles. The summed E-state index contributed by atoms with van der Waals surface area (Å²) in [5.74, 6) is -0.700.